The van der Waals surface area contributed by atoms with Gasteiger partial charge < -0.3 is 9.88 Å². The molecule has 0 bridgehead atoms. The van der Waals surface area contributed by atoms with E-state index in [9.17, 15) is 13.2 Å². The van der Waals surface area contributed by atoms with E-state index in [4.69, 9.17) is 0 Å². The fourth-order valence-electron chi connectivity index (χ4n) is 3.85. The summed E-state index contributed by atoms with van der Waals surface area (Å²) in [6, 6.07) is 11.1. The molecule has 8 heteroatoms. The van der Waals surface area contributed by atoms with Crippen LogP contribution < -0.4 is 5.32 Å². The van der Waals surface area contributed by atoms with E-state index in [2.05, 4.69) is 10.3 Å². The number of pyridine rings is 1. The van der Waals surface area contributed by atoms with E-state index in [-0.39, 0.29) is 10.8 Å². The molecule has 2 aromatic heterocycles. The average Bonchev–Trinajstić information content (AvgIpc) is 3.07. The first-order chi connectivity index (χ1) is 14.8. The standard InChI is InChI=1S/C23H26N4O3S/c1-16-9-12-27(13-10-16)31(29,30)22-14-21(26(3)17(22)2)23(28)25-15-18-6-4-8-20-19(18)7-5-11-24-20/h4-9,11,14H,10,12-13,15H2,1-3H3,(H,25,28). The fourth-order valence-corrected chi connectivity index (χ4v) is 5.50. The Balaban J connectivity index is 1.57. The van der Waals surface area contributed by atoms with Crippen LogP contribution in [0.15, 0.2) is 59.1 Å². The molecular weight excluding hydrogens is 412 g/mol. The average molecular weight is 439 g/mol. The van der Waals surface area contributed by atoms with Gasteiger partial charge in [0.1, 0.15) is 10.6 Å². The van der Waals surface area contributed by atoms with Crippen LogP contribution in [0, 0.1) is 6.92 Å². The first-order valence-electron chi connectivity index (χ1n) is 10.2. The highest BCUT2D eigenvalue weighted by Gasteiger charge is 2.30. The maximum atomic E-state index is 13.2. The van der Waals surface area contributed by atoms with Gasteiger partial charge in [0.2, 0.25) is 10.0 Å². The van der Waals surface area contributed by atoms with E-state index >= 15 is 0 Å². The smallest absolute Gasteiger partial charge is 0.268 e. The molecular formula is C23H26N4O3S. The third-order valence-electron chi connectivity index (χ3n) is 5.91. The molecule has 0 fully saturated rings. The molecule has 3 heterocycles. The van der Waals surface area contributed by atoms with Crippen LogP contribution >= 0.6 is 0 Å². The monoisotopic (exact) mass is 438 g/mol. The number of nitrogens with one attached hydrogen (secondary N) is 1. The highest BCUT2D eigenvalue weighted by Crippen LogP contribution is 2.26. The predicted molar refractivity (Wildman–Crippen MR) is 120 cm³/mol. The number of hydrogen-bond acceptors (Lipinski definition) is 4. The molecule has 0 radical (unpaired) electrons. The van der Waals surface area contributed by atoms with Gasteiger partial charge in [0.05, 0.1) is 5.52 Å². The second-order valence-corrected chi connectivity index (χ2v) is 9.78. The van der Waals surface area contributed by atoms with E-state index < -0.39 is 10.0 Å². The Labute approximate surface area is 182 Å². The van der Waals surface area contributed by atoms with Crippen LogP contribution in [0.2, 0.25) is 0 Å². The first-order valence-corrected chi connectivity index (χ1v) is 11.7. The van der Waals surface area contributed by atoms with Crippen LogP contribution in [0.25, 0.3) is 10.9 Å². The summed E-state index contributed by atoms with van der Waals surface area (Å²) in [6.07, 6.45) is 4.39. The normalized spacial score (nSPS) is 15.1. The lowest BCUT2D eigenvalue weighted by Crippen LogP contribution is -2.34. The summed E-state index contributed by atoms with van der Waals surface area (Å²) in [7, 11) is -1.95. The van der Waals surface area contributed by atoms with E-state index in [1.54, 1.807) is 24.7 Å². The molecule has 0 spiro atoms. The minimum absolute atomic E-state index is 0.183. The fraction of sp³-hybridized carbons (Fsp3) is 0.304. The molecule has 31 heavy (non-hydrogen) atoms. The topological polar surface area (TPSA) is 84.3 Å². The van der Waals surface area contributed by atoms with E-state index in [1.807, 2.05) is 43.3 Å². The van der Waals surface area contributed by atoms with Crippen molar-refractivity contribution in [2.75, 3.05) is 13.1 Å². The van der Waals surface area contributed by atoms with Gasteiger partial charge in [0, 0.05) is 44.0 Å². The molecule has 0 saturated carbocycles. The molecule has 1 amide bonds. The SMILES string of the molecule is CC1=CCN(S(=O)(=O)c2cc(C(=O)NCc3cccc4ncccc34)n(C)c2C)CC1. The number of benzene rings is 1. The van der Waals surface area contributed by atoms with Crippen molar-refractivity contribution < 1.29 is 13.2 Å². The summed E-state index contributed by atoms with van der Waals surface area (Å²) in [5.74, 6) is -0.317. The molecule has 0 aliphatic carbocycles. The molecule has 0 saturated heterocycles. The molecule has 1 aliphatic rings. The summed E-state index contributed by atoms with van der Waals surface area (Å²) in [6.45, 7) is 4.87. The predicted octanol–water partition coefficient (Wildman–Crippen LogP) is 3.15. The zero-order chi connectivity index (χ0) is 22.2. The maximum absolute atomic E-state index is 13.2. The Morgan fingerprint density at radius 3 is 2.74 bits per heavy atom. The number of fused-ring (bicyclic) bond motifs is 1. The van der Waals surface area contributed by atoms with Gasteiger partial charge in [0.15, 0.2) is 0 Å². The second kappa shape index (κ2) is 8.28. The van der Waals surface area contributed by atoms with Gasteiger partial charge in [-0.15, -0.1) is 0 Å². The molecule has 162 valence electrons. The molecule has 7 nitrogen and oxygen atoms in total. The molecule has 4 rings (SSSR count). The second-order valence-electron chi connectivity index (χ2n) is 7.87. The van der Waals surface area contributed by atoms with Crippen molar-refractivity contribution in [3.63, 3.8) is 0 Å². The van der Waals surface area contributed by atoms with Gasteiger partial charge in [-0.05, 0) is 44.0 Å². The van der Waals surface area contributed by atoms with Gasteiger partial charge in [-0.1, -0.05) is 29.8 Å². The Hall–Kier alpha value is -2.97. The molecule has 0 unspecified atom stereocenters. The minimum atomic E-state index is -3.67. The number of sulfonamides is 1. The third-order valence-corrected chi connectivity index (χ3v) is 7.89. The van der Waals surface area contributed by atoms with Crippen molar-refractivity contribution in [1.82, 2.24) is 19.2 Å². The van der Waals surface area contributed by atoms with E-state index in [0.717, 1.165) is 22.9 Å². The lowest BCUT2D eigenvalue weighted by Gasteiger charge is -2.24. The van der Waals surface area contributed by atoms with Crippen molar-refractivity contribution in [2.45, 2.75) is 31.7 Å². The largest absolute Gasteiger partial charge is 0.347 e. The number of nitrogens with zero attached hydrogens (tertiary/aromatic N) is 3. The van der Waals surface area contributed by atoms with Crippen LogP contribution in [-0.4, -0.2) is 41.3 Å². The summed E-state index contributed by atoms with van der Waals surface area (Å²) in [5, 5.41) is 3.90. The van der Waals surface area contributed by atoms with E-state index in [1.165, 1.54) is 15.9 Å². The van der Waals surface area contributed by atoms with Gasteiger partial charge in [-0.3, -0.25) is 9.78 Å². The Morgan fingerprint density at radius 2 is 2.00 bits per heavy atom. The van der Waals surface area contributed by atoms with Crippen molar-refractivity contribution >= 4 is 26.8 Å². The molecule has 3 aromatic rings. The van der Waals surface area contributed by atoms with Crippen molar-refractivity contribution in [1.29, 1.82) is 0 Å². The summed E-state index contributed by atoms with van der Waals surface area (Å²) < 4.78 is 29.4. The van der Waals surface area contributed by atoms with Crippen molar-refractivity contribution in [3.05, 3.63) is 71.2 Å². The Bertz CT molecular complexity index is 1290. The number of aromatic nitrogens is 2. The van der Waals surface area contributed by atoms with E-state index in [0.29, 0.717) is 31.0 Å². The number of amides is 1. The van der Waals surface area contributed by atoms with Crippen LogP contribution in [0.5, 0.6) is 0 Å². The lowest BCUT2D eigenvalue weighted by atomic mass is 10.1. The summed E-state index contributed by atoms with van der Waals surface area (Å²) in [5.41, 5.74) is 3.88. The number of rotatable bonds is 5. The van der Waals surface area contributed by atoms with Gasteiger partial charge in [-0.2, -0.15) is 4.31 Å². The number of hydrogen-bond donors (Lipinski definition) is 1. The zero-order valence-corrected chi connectivity index (χ0v) is 18.7. The molecule has 1 N–H and O–H groups in total. The third kappa shape index (κ3) is 4.00. The van der Waals surface area contributed by atoms with Crippen LogP contribution in [-0.2, 0) is 23.6 Å². The molecule has 1 aliphatic heterocycles. The van der Waals surface area contributed by atoms with Gasteiger partial charge in [-0.25, -0.2) is 8.42 Å². The van der Waals surface area contributed by atoms with Crippen LogP contribution in [0.4, 0.5) is 0 Å². The van der Waals surface area contributed by atoms with Crippen molar-refractivity contribution in [2.24, 2.45) is 7.05 Å². The Kier molecular flexibility index (Phi) is 5.68. The number of carbonyl (C=O) groups is 1. The number of carbonyl (C=O) groups excluding carboxylic acids is 1. The zero-order valence-electron chi connectivity index (χ0n) is 17.9. The lowest BCUT2D eigenvalue weighted by molar-refractivity contribution is 0.0942. The molecule has 0 atom stereocenters. The quantitative estimate of drug-likeness (QED) is 0.620. The van der Waals surface area contributed by atoms with Crippen molar-refractivity contribution in [3.8, 4) is 0 Å². The molecule has 1 aromatic carbocycles. The Morgan fingerprint density at radius 1 is 1.19 bits per heavy atom. The maximum Gasteiger partial charge on any atom is 0.268 e. The highest BCUT2D eigenvalue weighted by atomic mass is 32.2. The summed E-state index contributed by atoms with van der Waals surface area (Å²) >= 11 is 0. The minimum Gasteiger partial charge on any atom is -0.347 e. The highest BCUT2D eigenvalue weighted by molar-refractivity contribution is 7.89. The van der Waals surface area contributed by atoms with Gasteiger partial charge >= 0.3 is 0 Å². The van der Waals surface area contributed by atoms with Crippen LogP contribution in [0.1, 0.15) is 35.1 Å². The van der Waals surface area contributed by atoms with Crippen LogP contribution in [0.3, 0.4) is 0 Å². The summed E-state index contributed by atoms with van der Waals surface area (Å²) in [4.78, 5) is 17.4. The first kappa shape index (κ1) is 21.3. The van der Waals surface area contributed by atoms with Gasteiger partial charge in [0.25, 0.3) is 5.91 Å².